The van der Waals surface area contributed by atoms with Gasteiger partial charge in [-0.2, -0.15) is 0 Å². The fourth-order valence-electron chi connectivity index (χ4n) is 2.48. The number of sulfonamides is 1. The Hall–Kier alpha value is -2.32. The average molecular weight is 392 g/mol. The lowest BCUT2D eigenvalue weighted by Gasteiger charge is -2.15. The molecule has 0 radical (unpaired) electrons. The summed E-state index contributed by atoms with van der Waals surface area (Å²) in [5.41, 5.74) is 1.65. The van der Waals surface area contributed by atoms with Gasteiger partial charge in [-0.05, 0) is 61.8 Å². The highest BCUT2D eigenvalue weighted by Crippen LogP contribution is 2.28. The Morgan fingerprint density at radius 3 is 2.62 bits per heavy atom. The van der Waals surface area contributed by atoms with Crippen LogP contribution in [0.5, 0.6) is 5.75 Å². The van der Waals surface area contributed by atoms with Gasteiger partial charge in [0.2, 0.25) is 0 Å². The third-order valence-electron chi connectivity index (χ3n) is 4.00. The van der Waals surface area contributed by atoms with Crippen molar-refractivity contribution in [1.82, 2.24) is 5.32 Å². The smallest absolute Gasteiger partial charge is 0.262 e. The summed E-state index contributed by atoms with van der Waals surface area (Å²) in [6.45, 7) is 1.75. The van der Waals surface area contributed by atoms with Crippen molar-refractivity contribution in [1.29, 1.82) is 0 Å². The Morgan fingerprint density at radius 2 is 1.92 bits per heavy atom. The van der Waals surface area contributed by atoms with Gasteiger partial charge in [-0.1, -0.05) is 18.2 Å². The van der Waals surface area contributed by atoms with Crippen LogP contribution in [0.2, 0.25) is 0 Å². The number of hydrogen-bond acceptors (Lipinski definition) is 4. The lowest BCUT2D eigenvalue weighted by molar-refractivity contribution is 0.417. The molecule has 0 bridgehead atoms. The molecule has 0 amide bonds. The maximum absolute atomic E-state index is 12.9. The highest BCUT2D eigenvalue weighted by molar-refractivity contribution is 7.92. The molecule has 0 spiro atoms. The zero-order chi connectivity index (χ0) is 18.7. The van der Waals surface area contributed by atoms with Gasteiger partial charge in [0.1, 0.15) is 5.75 Å². The second kappa shape index (κ2) is 7.51. The summed E-state index contributed by atoms with van der Waals surface area (Å²) in [5, 5.41) is 6.71. The number of methoxy groups -OCH3 is 1. The van der Waals surface area contributed by atoms with E-state index in [2.05, 4.69) is 15.4 Å². The van der Waals surface area contributed by atoms with Crippen molar-refractivity contribution in [3.8, 4) is 5.75 Å². The first-order valence-electron chi connectivity index (χ1n) is 8.23. The summed E-state index contributed by atoms with van der Waals surface area (Å²) in [7, 11) is -2.28. The molecule has 3 N–H and O–H groups in total. The van der Waals surface area contributed by atoms with Crippen LogP contribution in [0.25, 0.3) is 0 Å². The van der Waals surface area contributed by atoms with E-state index in [0.717, 1.165) is 12.8 Å². The lowest BCUT2D eigenvalue weighted by atomic mass is 10.2. The fourth-order valence-corrected chi connectivity index (χ4v) is 4.10. The first-order chi connectivity index (χ1) is 12.4. The van der Waals surface area contributed by atoms with Gasteiger partial charge in [0.25, 0.3) is 10.0 Å². The van der Waals surface area contributed by atoms with E-state index in [1.165, 1.54) is 7.11 Å². The molecule has 0 heterocycles. The van der Waals surface area contributed by atoms with Gasteiger partial charge in [0.05, 0.1) is 17.7 Å². The third kappa shape index (κ3) is 4.44. The van der Waals surface area contributed by atoms with Gasteiger partial charge < -0.3 is 15.4 Å². The largest absolute Gasteiger partial charge is 0.495 e. The molecule has 2 aromatic carbocycles. The minimum atomic E-state index is -3.78. The molecule has 1 aliphatic rings. The summed E-state index contributed by atoms with van der Waals surface area (Å²) in [4.78, 5) is 0.183. The van der Waals surface area contributed by atoms with Crippen molar-refractivity contribution in [3.63, 3.8) is 0 Å². The van der Waals surface area contributed by atoms with Crippen LogP contribution in [-0.2, 0) is 10.0 Å². The number of para-hydroxylation sites is 2. The Morgan fingerprint density at radius 1 is 1.19 bits per heavy atom. The Kier molecular flexibility index (Phi) is 5.33. The minimum absolute atomic E-state index is 0.183. The van der Waals surface area contributed by atoms with Gasteiger partial charge in [-0.25, -0.2) is 8.42 Å². The van der Waals surface area contributed by atoms with E-state index < -0.39 is 10.0 Å². The van der Waals surface area contributed by atoms with E-state index in [1.807, 2.05) is 0 Å². The predicted octanol–water partition coefficient (Wildman–Crippen LogP) is 3.25. The average Bonchev–Trinajstić information content (AvgIpc) is 3.40. The van der Waals surface area contributed by atoms with Crippen molar-refractivity contribution in [3.05, 3.63) is 48.0 Å². The van der Waals surface area contributed by atoms with E-state index in [1.54, 1.807) is 49.4 Å². The third-order valence-corrected chi connectivity index (χ3v) is 5.73. The number of benzene rings is 2. The number of anilines is 2. The number of hydrogen-bond donors (Lipinski definition) is 3. The molecule has 26 heavy (non-hydrogen) atoms. The van der Waals surface area contributed by atoms with E-state index in [0.29, 0.717) is 33.8 Å². The van der Waals surface area contributed by atoms with E-state index in [-0.39, 0.29) is 4.90 Å². The van der Waals surface area contributed by atoms with Crippen molar-refractivity contribution < 1.29 is 13.2 Å². The van der Waals surface area contributed by atoms with Crippen molar-refractivity contribution in [2.24, 2.45) is 0 Å². The summed E-state index contributed by atoms with van der Waals surface area (Å²) < 4.78 is 33.5. The Bertz CT molecular complexity index is 925. The van der Waals surface area contributed by atoms with Crippen LogP contribution in [-0.4, -0.2) is 26.7 Å². The molecule has 138 valence electrons. The molecule has 0 aliphatic heterocycles. The van der Waals surface area contributed by atoms with Gasteiger partial charge in [0.15, 0.2) is 5.11 Å². The van der Waals surface area contributed by atoms with Crippen molar-refractivity contribution >= 4 is 38.7 Å². The van der Waals surface area contributed by atoms with Crippen LogP contribution in [0.1, 0.15) is 18.4 Å². The topological polar surface area (TPSA) is 79.5 Å². The monoisotopic (exact) mass is 391 g/mol. The molecule has 1 aliphatic carbocycles. The molecular weight excluding hydrogens is 370 g/mol. The summed E-state index contributed by atoms with van der Waals surface area (Å²) in [6.07, 6.45) is 2.22. The second-order valence-electron chi connectivity index (χ2n) is 6.16. The van der Waals surface area contributed by atoms with Crippen LogP contribution in [0.4, 0.5) is 11.4 Å². The highest BCUT2D eigenvalue weighted by Gasteiger charge is 2.22. The predicted molar refractivity (Wildman–Crippen MR) is 107 cm³/mol. The van der Waals surface area contributed by atoms with Crippen molar-refractivity contribution in [2.45, 2.75) is 30.7 Å². The lowest BCUT2D eigenvalue weighted by Crippen LogP contribution is -2.30. The van der Waals surface area contributed by atoms with Gasteiger partial charge >= 0.3 is 0 Å². The Labute approximate surface area is 159 Å². The number of rotatable bonds is 6. The van der Waals surface area contributed by atoms with E-state index >= 15 is 0 Å². The molecule has 0 saturated heterocycles. The zero-order valence-corrected chi connectivity index (χ0v) is 16.2. The number of aryl methyl sites for hydroxylation is 1. The molecule has 3 rings (SSSR count). The Balaban J connectivity index is 1.84. The maximum atomic E-state index is 12.9. The SMILES string of the molecule is COc1ccccc1NS(=O)(=O)c1cc(NC(=S)NC2CC2)ccc1C. The van der Waals surface area contributed by atoms with Crippen LogP contribution in [0.15, 0.2) is 47.4 Å². The van der Waals surface area contributed by atoms with E-state index in [4.69, 9.17) is 17.0 Å². The van der Waals surface area contributed by atoms with E-state index in [9.17, 15) is 8.42 Å². The normalized spacial score (nSPS) is 13.8. The van der Waals surface area contributed by atoms with Gasteiger partial charge in [-0.15, -0.1) is 0 Å². The molecule has 8 heteroatoms. The fraction of sp³-hybridized carbons (Fsp3) is 0.278. The molecule has 6 nitrogen and oxygen atoms in total. The first-order valence-corrected chi connectivity index (χ1v) is 10.1. The number of ether oxygens (including phenoxy) is 1. The first kappa shape index (κ1) is 18.5. The minimum Gasteiger partial charge on any atom is -0.495 e. The number of thiocarbonyl (C=S) groups is 1. The van der Waals surface area contributed by atoms with Crippen LogP contribution in [0.3, 0.4) is 0 Å². The van der Waals surface area contributed by atoms with Gasteiger partial charge in [0, 0.05) is 11.7 Å². The molecular formula is C18H21N3O3S2. The van der Waals surface area contributed by atoms with Gasteiger partial charge in [-0.3, -0.25) is 4.72 Å². The summed E-state index contributed by atoms with van der Waals surface area (Å²) in [6, 6.07) is 12.4. The zero-order valence-electron chi connectivity index (χ0n) is 14.6. The molecule has 2 aromatic rings. The standard InChI is InChI=1S/C18H21N3O3S2/c1-12-7-8-14(20-18(25)19-13-9-10-13)11-17(12)26(22,23)21-15-5-3-4-6-16(15)24-2/h3-8,11,13,21H,9-10H2,1-2H3,(H2,19,20,25). The van der Waals surface area contributed by atoms with Crippen LogP contribution >= 0.6 is 12.2 Å². The second-order valence-corrected chi connectivity index (χ2v) is 8.22. The van der Waals surface area contributed by atoms with Crippen LogP contribution in [0, 0.1) is 6.92 Å². The molecule has 0 unspecified atom stereocenters. The molecule has 1 saturated carbocycles. The maximum Gasteiger partial charge on any atom is 0.262 e. The summed E-state index contributed by atoms with van der Waals surface area (Å²) in [5.74, 6) is 0.456. The molecule has 0 atom stereocenters. The molecule has 0 aromatic heterocycles. The summed E-state index contributed by atoms with van der Waals surface area (Å²) >= 11 is 5.26. The molecule has 1 fully saturated rings. The highest BCUT2D eigenvalue weighted by atomic mass is 32.2. The quantitative estimate of drug-likeness (QED) is 0.656. The van der Waals surface area contributed by atoms with Crippen molar-refractivity contribution in [2.75, 3.05) is 17.1 Å². The number of nitrogens with one attached hydrogen (secondary N) is 3. The van der Waals surface area contributed by atoms with Crippen LogP contribution < -0.4 is 20.1 Å².